The molecule has 8 heteroatoms. The molecule has 2 aromatic heterocycles. The Bertz CT molecular complexity index is 808. The van der Waals surface area contributed by atoms with Gasteiger partial charge in [-0.25, -0.2) is 9.97 Å². The number of hydrogen-bond donors (Lipinski definition) is 1. The Hall–Kier alpha value is -2.19. The van der Waals surface area contributed by atoms with E-state index in [-0.39, 0.29) is 17.6 Å². The number of H-pyrrole nitrogens is 1. The molecule has 2 aliphatic rings. The van der Waals surface area contributed by atoms with E-state index in [0.29, 0.717) is 56.4 Å². The highest BCUT2D eigenvalue weighted by Crippen LogP contribution is 2.27. The Labute approximate surface area is 145 Å². The second-order valence-electron chi connectivity index (χ2n) is 6.66. The maximum Gasteiger partial charge on any atom is 0.260 e. The molecule has 8 nitrogen and oxygen atoms in total. The van der Waals surface area contributed by atoms with Gasteiger partial charge in [-0.2, -0.15) is 0 Å². The molecule has 0 saturated carbocycles. The van der Waals surface area contributed by atoms with Crippen LogP contribution in [0, 0.1) is 0 Å². The van der Waals surface area contributed by atoms with E-state index in [9.17, 15) is 4.79 Å². The highest BCUT2D eigenvalue weighted by atomic mass is 16.5. The van der Waals surface area contributed by atoms with Crippen molar-refractivity contribution in [2.75, 3.05) is 49.3 Å². The van der Waals surface area contributed by atoms with Crippen LogP contribution < -0.4 is 15.4 Å². The summed E-state index contributed by atoms with van der Waals surface area (Å²) in [6.45, 7) is 8.20. The first kappa shape index (κ1) is 16.3. The number of nitrogens with zero attached hydrogens (tertiary/aromatic N) is 4. The summed E-state index contributed by atoms with van der Waals surface area (Å²) in [6, 6.07) is 2.08. The quantitative estimate of drug-likeness (QED) is 0.860. The molecule has 25 heavy (non-hydrogen) atoms. The minimum Gasteiger partial charge on any atom is -0.378 e. The molecule has 2 saturated heterocycles. The third kappa shape index (κ3) is 2.96. The molecule has 0 bridgehead atoms. The zero-order chi connectivity index (χ0) is 17.4. The van der Waals surface area contributed by atoms with Gasteiger partial charge in [0.25, 0.3) is 5.56 Å². The summed E-state index contributed by atoms with van der Waals surface area (Å²) in [5, 5.41) is 0.563. The van der Waals surface area contributed by atoms with Gasteiger partial charge in [0.1, 0.15) is 5.52 Å². The number of aromatic amines is 1. The smallest absolute Gasteiger partial charge is 0.260 e. The number of hydrogen-bond acceptors (Lipinski definition) is 7. The van der Waals surface area contributed by atoms with Crippen molar-refractivity contribution in [2.24, 2.45) is 0 Å². The molecule has 0 amide bonds. The van der Waals surface area contributed by atoms with E-state index >= 15 is 0 Å². The monoisotopic (exact) mass is 345 g/mol. The predicted molar refractivity (Wildman–Crippen MR) is 95.4 cm³/mol. The van der Waals surface area contributed by atoms with E-state index in [0.717, 1.165) is 5.82 Å². The van der Waals surface area contributed by atoms with Crippen LogP contribution in [0.15, 0.2) is 17.1 Å². The van der Waals surface area contributed by atoms with Gasteiger partial charge in [-0.15, -0.1) is 0 Å². The van der Waals surface area contributed by atoms with Gasteiger partial charge in [0.05, 0.1) is 43.9 Å². The molecule has 1 N–H and O–H groups in total. The van der Waals surface area contributed by atoms with Gasteiger partial charge in [0.15, 0.2) is 5.82 Å². The summed E-state index contributed by atoms with van der Waals surface area (Å²) < 4.78 is 11.0. The Balaban J connectivity index is 1.84. The fourth-order valence-electron chi connectivity index (χ4n) is 3.57. The van der Waals surface area contributed by atoms with Crippen molar-refractivity contribution in [3.63, 3.8) is 0 Å². The van der Waals surface area contributed by atoms with Gasteiger partial charge < -0.3 is 19.3 Å². The van der Waals surface area contributed by atoms with E-state index in [2.05, 4.69) is 28.7 Å². The summed E-state index contributed by atoms with van der Waals surface area (Å²) in [7, 11) is 0. The van der Waals surface area contributed by atoms with Crippen molar-refractivity contribution in [3.8, 4) is 0 Å². The molecule has 0 aliphatic carbocycles. The first-order chi connectivity index (χ1) is 12.1. The third-order valence-electron chi connectivity index (χ3n) is 4.82. The number of morpholine rings is 2. The topological polar surface area (TPSA) is 83.6 Å². The van der Waals surface area contributed by atoms with Crippen molar-refractivity contribution in [3.05, 3.63) is 22.6 Å². The minimum absolute atomic E-state index is 0.135. The van der Waals surface area contributed by atoms with E-state index in [1.807, 2.05) is 4.90 Å². The van der Waals surface area contributed by atoms with Crippen molar-refractivity contribution >= 4 is 22.7 Å². The summed E-state index contributed by atoms with van der Waals surface area (Å²) in [5.74, 6) is 1.34. The molecule has 4 heterocycles. The summed E-state index contributed by atoms with van der Waals surface area (Å²) >= 11 is 0. The predicted octanol–water partition coefficient (Wildman–Crippen LogP) is 0.768. The van der Waals surface area contributed by atoms with Crippen LogP contribution in [0.4, 0.5) is 11.8 Å². The Morgan fingerprint density at radius 1 is 1.16 bits per heavy atom. The van der Waals surface area contributed by atoms with Crippen LogP contribution in [0.1, 0.15) is 13.8 Å². The minimum atomic E-state index is -0.135. The lowest BCUT2D eigenvalue weighted by Gasteiger charge is -2.39. The van der Waals surface area contributed by atoms with Crippen molar-refractivity contribution in [1.29, 1.82) is 0 Å². The number of anilines is 2. The van der Waals surface area contributed by atoms with Gasteiger partial charge in [0, 0.05) is 19.3 Å². The number of ether oxygens (including phenoxy) is 2. The van der Waals surface area contributed by atoms with Crippen LogP contribution in [0.25, 0.3) is 10.9 Å². The number of rotatable bonds is 2. The zero-order valence-corrected chi connectivity index (χ0v) is 14.6. The SMILES string of the molecule is C[C@@H]1COC[C@H](C)N1c1nccc2c(=O)[nH]c(N3CCOCC3)nc12. The Morgan fingerprint density at radius 3 is 2.60 bits per heavy atom. The van der Waals surface area contributed by atoms with Crippen LogP contribution >= 0.6 is 0 Å². The molecule has 0 unspecified atom stereocenters. The third-order valence-corrected chi connectivity index (χ3v) is 4.82. The second-order valence-corrected chi connectivity index (χ2v) is 6.66. The van der Waals surface area contributed by atoms with Crippen LogP contribution in [0.2, 0.25) is 0 Å². The highest BCUT2D eigenvalue weighted by Gasteiger charge is 2.29. The van der Waals surface area contributed by atoms with Crippen molar-refractivity contribution in [1.82, 2.24) is 15.0 Å². The van der Waals surface area contributed by atoms with Gasteiger partial charge in [0.2, 0.25) is 5.95 Å². The first-order valence-electron chi connectivity index (χ1n) is 8.73. The summed E-state index contributed by atoms with van der Waals surface area (Å²) in [5.41, 5.74) is 0.511. The molecular formula is C17H23N5O3. The number of nitrogens with one attached hydrogen (secondary N) is 1. The second kappa shape index (κ2) is 6.61. The molecule has 2 aromatic rings. The number of aromatic nitrogens is 3. The number of fused-ring (bicyclic) bond motifs is 1. The summed E-state index contributed by atoms with van der Waals surface area (Å²) in [4.78, 5) is 29.1. The van der Waals surface area contributed by atoms with Crippen LogP contribution in [0.5, 0.6) is 0 Å². The lowest BCUT2D eigenvalue weighted by Crippen LogP contribution is -2.50. The fraction of sp³-hybridized carbons (Fsp3) is 0.588. The van der Waals surface area contributed by atoms with E-state index in [1.165, 1.54) is 0 Å². The number of pyridine rings is 1. The maximum atomic E-state index is 12.6. The van der Waals surface area contributed by atoms with Crippen LogP contribution in [-0.4, -0.2) is 66.6 Å². The fourth-order valence-corrected chi connectivity index (χ4v) is 3.57. The largest absolute Gasteiger partial charge is 0.378 e. The van der Waals surface area contributed by atoms with Crippen LogP contribution in [0.3, 0.4) is 0 Å². The lowest BCUT2D eigenvalue weighted by molar-refractivity contribution is 0.0753. The lowest BCUT2D eigenvalue weighted by atomic mass is 10.1. The van der Waals surface area contributed by atoms with E-state index < -0.39 is 0 Å². The van der Waals surface area contributed by atoms with E-state index in [4.69, 9.17) is 14.5 Å². The Morgan fingerprint density at radius 2 is 1.88 bits per heavy atom. The van der Waals surface area contributed by atoms with Crippen molar-refractivity contribution in [2.45, 2.75) is 25.9 Å². The highest BCUT2D eigenvalue weighted by molar-refractivity contribution is 5.88. The molecular weight excluding hydrogens is 322 g/mol. The van der Waals surface area contributed by atoms with Gasteiger partial charge >= 0.3 is 0 Å². The molecule has 0 radical (unpaired) electrons. The van der Waals surface area contributed by atoms with Crippen LogP contribution in [-0.2, 0) is 9.47 Å². The molecule has 4 rings (SSSR count). The molecule has 2 atom stereocenters. The Kier molecular flexibility index (Phi) is 4.30. The van der Waals surface area contributed by atoms with Gasteiger partial charge in [-0.05, 0) is 19.9 Å². The van der Waals surface area contributed by atoms with Gasteiger partial charge in [-0.1, -0.05) is 0 Å². The average Bonchev–Trinajstić information content (AvgIpc) is 2.62. The van der Waals surface area contributed by atoms with Gasteiger partial charge in [-0.3, -0.25) is 9.78 Å². The van der Waals surface area contributed by atoms with E-state index in [1.54, 1.807) is 12.3 Å². The maximum absolute atomic E-state index is 12.6. The standard InChI is InChI=1S/C17H23N5O3/c1-11-9-25-10-12(2)22(11)15-14-13(3-4-18-15)16(23)20-17(19-14)21-5-7-24-8-6-21/h3-4,11-12H,5-10H2,1-2H3,(H,19,20,23)/t11-,12+. The molecule has 0 aromatic carbocycles. The summed E-state index contributed by atoms with van der Waals surface area (Å²) in [6.07, 6.45) is 1.68. The average molecular weight is 345 g/mol. The molecule has 0 spiro atoms. The normalized spacial score (nSPS) is 24.7. The molecule has 2 fully saturated rings. The first-order valence-corrected chi connectivity index (χ1v) is 8.73. The van der Waals surface area contributed by atoms with Crippen molar-refractivity contribution < 1.29 is 9.47 Å². The zero-order valence-electron chi connectivity index (χ0n) is 14.6. The molecule has 2 aliphatic heterocycles. The molecule has 134 valence electrons.